The number of aromatic nitrogens is 2. The van der Waals surface area contributed by atoms with Crippen molar-refractivity contribution in [1.29, 1.82) is 0 Å². The summed E-state index contributed by atoms with van der Waals surface area (Å²) in [5.41, 5.74) is -2.12. The first-order valence-electron chi connectivity index (χ1n) is 12.7. The van der Waals surface area contributed by atoms with Crippen molar-refractivity contribution in [2.75, 3.05) is 12.8 Å². The van der Waals surface area contributed by atoms with Crippen LogP contribution in [0, 0.1) is 5.92 Å². The molecule has 1 aromatic carbocycles. The lowest BCUT2D eigenvalue weighted by molar-refractivity contribution is -0.169. The molecule has 1 aliphatic rings. The highest BCUT2D eigenvalue weighted by atomic mass is 35.5. The molecule has 3 N–H and O–H groups in total. The highest BCUT2D eigenvalue weighted by Gasteiger charge is 2.44. The second-order valence-corrected chi connectivity index (χ2v) is 12.9. The number of aliphatic hydroxyl groups excluding tert-OH is 1. The van der Waals surface area contributed by atoms with Gasteiger partial charge in [-0.15, -0.1) is 0 Å². The van der Waals surface area contributed by atoms with Crippen LogP contribution in [0.3, 0.4) is 0 Å². The van der Waals surface area contributed by atoms with Gasteiger partial charge in [-0.1, -0.05) is 24.6 Å². The second kappa shape index (κ2) is 12.4. The SMILES string of the molecule is CCn1nc(C(=O)NC[C@]2(O)CC[C@@H](S(C)(=O)=O)C[C@H]2O)c(Cl)c1-c1ccc(C[C@H](C)C(F)(F)F)cc1OC(F)F. The van der Waals surface area contributed by atoms with Gasteiger partial charge in [-0.25, -0.2) is 8.42 Å². The first-order valence-corrected chi connectivity index (χ1v) is 15.0. The first-order chi connectivity index (χ1) is 18.9. The number of sulfone groups is 1. The molecule has 4 atom stereocenters. The van der Waals surface area contributed by atoms with Gasteiger partial charge in [0.1, 0.15) is 21.2 Å². The number of carbonyl (C=O) groups excluding carboxylic acids is 1. The molecular formula is C25H31ClF5N3O6S. The van der Waals surface area contributed by atoms with Crippen LogP contribution < -0.4 is 10.1 Å². The molecule has 0 aliphatic heterocycles. The Kier molecular flexibility index (Phi) is 9.98. The third-order valence-electron chi connectivity index (χ3n) is 7.19. The fourth-order valence-corrected chi connectivity index (χ4v) is 6.10. The van der Waals surface area contributed by atoms with E-state index >= 15 is 0 Å². The van der Waals surface area contributed by atoms with Crippen LogP contribution in [0.1, 0.15) is 49.2 Å². The highest BCUT2D eigenvalue weighted by molar-refractivity contribution is 7.91. The Morgan fingerprint density at radius 3 is 2.54 bits per heavy atom. The summed E-state index contributed by atoms with van der Waals surface area (Å²) in [5, 5.41) is 26.7. The molecule has 0 bridgehead atoms. The van der Waals surface area contributed by atoms with Crippen LogP contribution in [0.15, 0.2) is 18.2 Å². The minimum atomic E-state index is -4.50. The molecule has 0 spiro atoms. The number of aliphatic hydroxyl groups is 2. The average Bonchev–Trinajstić information content (AvgIpc) is 3.19. The van der Waals surface area contributed by atoms with Gasteiger partial charge >= 0.3 is 12.8 Å². The molecule has 3 rings (SSSR count). The Morgan fingerprint density at radius 1 is 1.34 bits per heavy atom. The van der Waals surface area contributed by atoms with Crippen molar-refractivity contribution in [3.05, 3.63) is 34.5 Å². The molecule has 1 aliphatic carbocycles. The number of rotatable bonds is 10. The smallest absolute Gasteiger partial charge is 0.391 e. The fourth-order valence-electron chi connectivity index (χ4n) is 4.70. The normalized spacial score (nSPS) is 22.5. The molecule has 2 aromatic rings. The van der Waals surface area contributed by atoms with E-state index in [4.69, 9.17) is 11.6 Å². The van der Waals surface area contributed by atoms with Crippen LogP contribution in [0.2, 0.25) is 5.02 Å². The largest absolute Gasteiger partial charge is 0.434 e. The molecule has 1 aromatic heterocycles. The molecule has 41 heavy (non-hydrogen) atoms. The van der Waals surface area contributed by atoms with Crippen molar-refractivity contribution < 1.29 is 50.1 Å². The zero-order valence-corrected chi connectivity index (χ0v) is 24.0. The minimum absolute atomic E-state index is 0.00204. The third kappa shape index (κ3) is 7.67. The summed E-state index contributed by atoms with van der Waals surface area (Å²) in [4.78, 5) is 13.0. The fraction of sp³-hybridized carbons (Fsp3) is 0.600. The van der Waals surface area contributed by atoms with Crippen LogP contribution >= 0.6 is 11.6 Å². The van der Waals surface area contributed by atoms with Gasteiger partial charge in [0.05, 0.1) is 28.0 Å². The molecule has 0 saturated heterocycles. The maximum atomic E-state index is 13.3. The van der Waals surface area contributed by atoms with Crippen LogP contribution in [0.5, 0.6) is 5.75 Å². The highest BCUT2D eigenvalue weighted by Crippen LogP contribution is 2.39. The van der Waals surface area contributed by atoms with Gasteiger partial charge < -0.3 is 20.3 Å². The summed E-state index contributed by atoms with van der Waals surface area (Å²) >= 11 is 6.47. The minimum Gasteiger partial charge on any atom is -0.434 e. The molecule has 1 fully saturated rings. The monoisotopic (exact) mass is 631 g/mol. The number of hydrogen-bond donors (Lipinski definition) is 3. The number of carbonyl (C=O) groups is 1. The Morgan fingerprint density at radius 2 is 2.00 bits per heavy atom. The predicted octanol–water partition coefficient (Wildman–Crippen LogP) is 3.98. The molecular weight excluding hydrogens is 601 g/mol. The quantitative estimate of drug-likeness (QED) is 0.338. The van der Waals surface area contributed by atoms with E-state index in [0.29, 0.717) is 0 Å². The van der Waals surface area contributed by atoms with E-state index in [0.717, 1.165) is 19.2 Å². The van der Waals surface area contributed by atoms with Crippen LogP contribution in [-0.4, -0.2) is 76.9 Å². The van der Waals surface area contributed by atoms with E-state index < -0.39 is 70.1 Å². The molecule has 1 heterocycles. The average molecular weight is 632 g/mol. The standard InChI is InChI=1S/C25H31ClF5N3O6S/c1-4-34-21(16-6-5-14(9-13(2)25(29,30)31)10-17(16)40-23(27)28)19(26)20(33-34)22(36)32-12-24(37)8-7-15(11-18(24)35)41(3,38)39/h5-6,10,13,15,18,23,35,37H,4,7-9,11-12H2,1-3H3,(H,32,36)/t13-,15+,18+,24+/m0/s1. The summed E-state index contributed by atoms with van der Waals surface area (Å²) in [7, 11) is -3.44. The summed E-state index contributed by atoms with van der Waals surface area (Å²) in [6, 6.07) is 3.62. The number of benzene rings is 1. The Hall–Kier alpha value is -2.49. The van der Waals surface area contributed by atoms with Crippen LogP contribution in [0.25, 0.3) is 11.3 Å². The van der Waals surface area contributed by atoms with Crippen molar-refractivity contribution in [3.63, 3.8) is 0 Å². The summed E-state index contributed by atoms with van der Waals surface area (Å²) in [6.45, 7) is -1.07. The number of halogens is 6. The van der Waals surface area contributed by atoms with E-state index in [1.54, 1.807) is 6.92 Å². The van der Waals surface area contributed by atoms with Gasteiger partial charge in [0.25, 0.3) is 5.91 Å². The zero-order valence-electron chi connectivity index (χ0n) is 22.4. The molecule has 1 saturated carbocycles. The maximum Gasteiger partial charge on any atom is 0.391 e. The van der Waals surface area contributed by atoms with Gasteiger partial charge in [0, 0.05) is 24.9 Å². The molecule has 9 nitrogen and oxygen atoms in total. The number of aryl methyl sites for hydroxylation is 1. The van der Waals surface area contributed by atoms with Crippen LogP contribution in [-0.2, 0) is 22.8 Å². The Labute approximate surface area is 238 Å². The molecule has 0 unspecified atom stereocenters. The lowest BCUT2D eigenvalue weighted by Crippen LogP contribution is -2.56. The number of amides is 1. The molecule has 1 amide bonds. The van der Waals surface area contributed by atoms with Crippen molar-refractivity contribution in [3.8, 4) is 17.0 Å². The number of hydrogen-bond acceptors (Lipinski definition) is 7. The van der Waals surface area contributed by atoms with Crippen molar-refractivity contribution in [1.82, 2.24) is 15.1 Å². The van der Waals surface area contributed by atoms with Crippen molar-refractivity contribution >= 4 is 27.3 Å². The van der Waals surface area contributed by atoms with Gasteiger partial charge in [-0.05, 0) is 50.3 Å². The van der Waals surface area contributed by atoms with Crippen LogP contribution in [0.4, 0.5) is 22.0 Å². The number of nitrogens with one attached hydrogen (secondary N) is 1. The van der Waals surface area contributed by atoms with Crippen molar-refractivity contribution in [2.45, 2.75) is 75.8 Å². The maximum absolute atomic E-state index is 13.3. The lowest BCUT2D eigenvalue weighted by atomic mass is 9.82. The molecule has 16 heteroatoms. The van der Waals surface area contributed by atoms with Gasteiger partial charge in [-0.2, -0.15) is 27.1 Å². The Bertz CT molecular complexity index is 1370. The molecule has 230 valence electrons. The second-order valence-electron chi connectivity index (χ2n) is 10.2. The third-order valence-corrected chi connectivity index (χ3v) is 9.19. The summed E-state index contributed by atoms with van der Waals surface area (Å²) < 4.78 is 95.1. The van der Waals surface area contributed by atoms with Gasteiger partial charge in [0.2, 0.25) is 0 Å². The zero-order chi connectivity index (χ0) is 30.9. The Balaban J connectivity index is 1.89. The number of alkyl halides is 5. The van der Waals surface area contributed by atoms with E-state index in [-0.39, 0.29) is 53.3 Å². The molecule has 0 radical (unpaired) electrons. The number of ether oxygens (including phenoxy) is 1. The van der Waals surface area contributed by atoms with Gasteiger partial charge in [-0.3, -0.25) is 9.48 Å². The van der Waals surface area contributed by atoms with E-state index in [2.05, 4.69) is 15.2 Å². The lowest BCUT2D eigenvalue weighted by Gasteiger charge is -2.39. The topological polar surface area (TPSA) is 131 Å². The first kappa shape index (κ1) is 33.0. The summed E-state index contributed by atoms with van der Waals surface area (Å²) in [5.74, 6) is -3.08. The van der Waals surface area contributed by atoms with Gasteiger partial charge in [0.15, 0.2) is 5.69 Å². The summed E-state index contributed by atoms with van der Waals surface area (Å²) in [6.07, 6.45) is -5.64. The predicted molar refractivity (Wildman–Crippen MR) is 140 cm³/mol. The van der Waals surface area contributed by atoms with E-state index in [1.165, 1.54) is 16.8 Å². The van der Waals surface area contributed by atoms with E-state index in [9.17, 15) is 45.4 Å². The van der Waals surface area contributed by atoms with Crippen molar-refractivity contribution in [2.24, 2.45) is 5.92 Å². The van der Waals surface area contributed by atoms with E-state index in [1.807, 2.05) is 0 Å². The number of nitrogens with zero attached hydrogens (tertiary/aromatic N) is 2.